The second-order valence-corrected chi connectivity index (χ2v) is 5.59. The van der Waals surface area contributed by atoms with Crippen LogP contribution < -0.4 is 15.5 Å². The average Bonchev–Trinajstić information content (AvgIpc) is 2.95. The van der Waals surface area contributed by atoms with E-state index in [0.717, 1.165) is 44.7 Å². The summed E-state index contributed by atoms with van der Waals surface area (Å²) in [7, 11) is 1.89. The third-order valence-corrected chi connectivity index (χ3v) is 3.90. The standard InChI is InChI=1S/C16H24FN3O.2ClH/c1-18-9-2-3-16(21)19-11-13-8-10-20(12-13)15-6-4-14(17)5-7-15;;/h4-7,13,18H,2-3,8-12H2,1H3,(H,19,21);2*1H. The molecule has 132 valence electrons. The molecule has 1 atom stereocenters. The van der Waals surface area contributed by atoms with Gasteiger partial charge in [-0.3, -0.25) is 4.79 Å². The number of carbonyl (C=O) groups excluding carboxylic acids is 1. The van der Waals surface area contributed by atoms with Crippen LogP contribution in [0.1, 0.15) is 19.3 Å². The van der Waals surface area contributed by atoms with E-state index in [1.54, 1.807) is 0 Å². The Morgan fingerprint density at radius 1 is 1.30 bits per heavy atom. The van der Waals surface area contributed by atoms with Crippen molar-refractivity contribution in [2.24, 2.45) is 5.92 Å². The molecule has 1 heterocycles. The van der Waals surface area contributed by atoms with Crippen LogP contribution in [0.5, 0.6) is 0 Å². The highest BCUT2D eigenvalue weighted by molar-refractivity contribution is 5.85. The van der Waals surface area contributed by atoms with E-state index in [1.807, 2.05) is 19.2 Å². The smallest absolute Gasteiger partial charge is 0.220 e. The predicted molar refractivity (Wildman–Crippen MR) is 97.4 cm³/mol. The van der Waals surface area contributed by atoms with Crippen molar-refractivity contribution in [2.45, 2.75) is 19.3 Å². The summed E-state index contributed by atoms with van der Waals surface area (Å²) in [5.74, 6) is 0.400. The van der Waals surface area contributed by atoms with Crippen molar-refractivity contribution in [3.63, 3.8) is 0 Å². The lowest BCUT2D eigenvalue weighted by Gasteiger charge is -2.18. The Bertz CT molecular complexity index is 459. The molecule has 2 rings (SSSR count). The quantitative estimate of drug-likeness (QED) is 0.730. The first-order valence-electron chi connectivity index (χ1n) is 7.61. The predicted octanol–water partition coefficient (Wildman–Crippen LogP) is 2.61. The molecule has 0 saturated carbocycles. The molecule has 1 aromatic carbocycles. The van der Waals surface area contributed by atoms with Crippen molar-refractivity contribution in [3.05, 3.63) is 30.1 Å². The highest BCUT2D eigenvalue weighted by Crippen LogP contribution is 2.23. The number of nitrogens with zero attached hydrogens (tertiary/aromatic N) is 1. The summed E-state index contributed by atoms with van der Waals surface area (Å²) in [6.45, 7) is 3.49. The maximum absolute atomic E-state index is 12.9. The van der Waals surface area contributed by atoms with Crippen LogP contribution in [0.4, 0.5) is 10.1 Å². The van der Waals surface area contributed by atoms with Crippen LogP contribution in [0.25, 0.3) is 0 Å². The van der Waals surface area contributed by atoms with E-state index in [9.17, 15) is 9.18 Å². The highest BCUT2D eigenvalue weighted by Gasteiger charge is 2.22. The largest absolute Gasteiger partial charge is 0.371 e. The van der Waals surface area contributed by atoms with Gasteiger partial charge in [0.15, 0.2) is 0 Å². The molecule has 0 bridgehead atoms. The number of halogens is 3. The Hall–Kier alpha value is -1.04. The summed E-state index contributed by atoms with van der Waals surface area (Å²) in [6, 6.07) is 6.61. The molecule has 1 aromatic rings. The number of carbonyl (C=O) groups is 1. The Morgan fingerprint density at radius 2 is 2.00 bits per heavy atom. The van der Waals surface area contributed by atoms with Gasteiger partial charge < -0.3 is 15.5 Å². The van der Waals surface area contributed by atoms with Crippen LogP contribution in [0.2, 0.25) is 0 Å². The summed E-state index contributed by atoms with van der Waals surface area (Å²) in [4.78, 5) is 13.9. The van der Waals surface area contributed by atoms with Gasteiger partial charge in [0.25, 0.3) is 0 Å². The van der Waals surface area contributed by atoms with Gasteiger partial charge in [0.1, 0.15) is 5.82 Å². The highest BCUT2D eigenvalue weighted by atomic mass is 35.5. The fourth-order valence-corrected chi connectivity index (χ4v) is 2.66. The maximum atomic E-state index is 12.9. The number of nitrogens with one attached hydrogen (secondary N) is 2. The van der Waals surface area contributed by atoms with Gasteiger partial charge in [-0.05, 0) is 56.6 Å². The van der Waals surface area contributed by atoms with Crippen LogP contribution in [0.3, 0.4) is 0 Å². The number of hydrogen-bond donors (Lipinski definition) is 2. The third kappa shape index (κ3) is 7.38. The van der Waals surface area contributed by atoms with Crippen molar-refractivity contribution < 1.29 is 9.18 Å². The molecule has 1 aliphatic heterocycles. The number of benzene rings is 1. The van der Waals surface area contributed by atoms with Gasteiger partial charge in [-0.25, -0.2) is 4.39 Å². The van der Waals surface area contributed by atoms with Crippen molar-refractivity contribution in [1.29, 1.82) is 0 Å². The lowest BCUT2D eigenvalue weighted by Crippen LogP contribution is -2.31. The lowest BCUT2D eigenvalue weighted by molar-refractivity contribution is -0.121. The van der Waals surface area contributed by atoms with Gasteiger partial charge in [0.05, 0.1) is 0 Å². The summed E-state index contributed by atoms with van der Waals surface area (Å²) in [6.07, 6.45) is 2.51. The Morgan fingerprint density at radius 3 is 2.65 bits per heavy atom. The van der Waals surface area contributed by atoms with Crippen LogP contribution in [0.15, 0.2) is 24.3 Å². The Kier molecular flexibility index (Phi) is 11.0. The normalized spacial score (nSPS) is 16.4. The van der Waals surface area contributed by atoms with Gasteiger partial charge in [0, 0.05) is 31.7 Å². The van der Waals surface area contributed by atoms with Gasteiger partial charge in [-0.2, -0.15) is 0 Å². The van der Waals surface area contributed by atoms with Crippen molar-refractivity contribution >= 4 is 36.4 Å². The SMILES string of the molecule is CNCCCC(=O)NCC1CCN(c2ccc(F)cc2)C1.Cl.Cl. The summed E-state index contributed by atoms with van der Waals surface area (Å²) in [5.41, 5.74) is 1.05. The first-order chi connectivity index (χ1) is 10.2. The molecule has 23 heavy (non-hydrogen) atoms. The molecule has 1 fully saturated rings. The monoisotopic (exact) mass is 365 g/mol. The van der Waals surface area contributed by atoms with E-state index in [0.29, 0.717) is 12.3 Å². The van der Waals surface area contributed by atoms with Crippen LogP contribution >= 0.6 is 24.8 Å². The molecular weight excluding hydrogens is 340 g/mol. The van der Waals surface area contributed by atoms with Crippen LogP contribution in [0, 0.1) is 11.7 Å². The number of anilines is 1. The minimum absolute atomic E-state index is 0. The molecule has 7 heteroatoms. The molecule has 4 nitrogen and oxygen atoms in total. The van der Waals surface area contributed by atoms with Gasteiger partial charge >= 0.3 is 0 Å². The zero-order chi connectivity index (χ0) is 15.1. The molecule has 1 aliphatic rings. The minimum atomic E-state index is -0.205. The molecule has 0 spiro atoms. The van der Waals surface area contributed by atoms with Crippen molar-refractivity contribution in [1.82, 2.24) is 10.6 Å². The van der Waals surface area contributed by atoms with E-state index >= 15 is 0 Å². The minimum Gasteiger partial charge on any atom is -0.371 e. The molecule has 0 aliphatic carbocycles. The topological polar surface area (TPSA) is 44.4 Å². The summed E-state index contributed by atoms with van der Waals surface area (Å²) < 4.78 is 12.9. The zero-order valence-electron chi connectivity index (χ0n) is 13.4. The van der Waals surface area contributed by atoms with Gasteiger partial charge in [-0.15, -0.1) is 24.8 Å². The number of amides is 1. The Balaban J connectivity index is 0.00000242. The molecule has 0 aromatic heterocycles. The fraction of sp³-hybridized carbons (Fsp3) is 0.562. The van der Waals surface area contributed by atoms with E-state index in [1.165, 1.54) is 12.1 Å². The van der Waals surface area contributed by atoms with Gasteiger partial charge in [0.2, 0.25) is 5.91 Å². The van der Waals surface area contributed by atoms with Gasteiger partial charge in [-0.1, -0.05) is 0 Å². The third-order valence-electron chi connectivity index (χ3n) is 3.90. The van der Waals surface area contributed by atoms with E-state index in [2.05, 4.69) is 15.5 Å². The summed E-state index contributed by atoms with van der Waals surface area (Å²) >= 11 is 0. The Labute approximate surface area is 150 Å². The second kappa shape index (κ2) is 11.5. The van der Waals surface area contributed by atoms with Crippen molar-refractivity contribution in [3.8, 4) is 0 Å². The molecule has 1 saturated heterocycles. The first-order valence-corrected chi connectivity index (χ1v) is 7.61. The van der Waals surface area contributed by atoms with Crippen LogP contribution in [-0.4, -0.2) is 39.1 Å². The van der Waals surface area contributed by atoms with E-state index < -0.39 is 0 Å². The number of rotatable bonds is 7. The lowest BCUT2D eigenvalue weighted by atomic mass is 10.1. The summed E-state index contributed by atoms with van der Waals surface area (Å²) in [5, 5.41) is 6.05. The number of hydrogen-bond acceptors (Lipinski definition) is 3. The maximum Gasteiger partial charge on any atom is 0.220 e. The van der Waals surface area contributed by atoms with Crippen molar-refractivity contribution in [2.75, 3.05) is 38.1 Å². The average molecular weight is 366 g/mol. The molecule has 1 amide bonds. The van der Waals surface area contributed by atoms with Crippen LogP contribution in [-0.2, 0) is 4.79 Å². The molecule has 2 N–H and O–H groups in total. The second-order valence-electron chi connectivity index (χ2n) is 5.59. The van der Waals surface area contributed by atoms with E-state index in [4.69, 9.17) is 0 Å². The fourth-order valence-electron chi connectivity index (χ4n) is 2.66. The molecule has 1 unspecified atom stereocenters. The van der Waals surface area contributed by atoms with E-state index in [-0.39, 0.29) is 36.5 Å². The first kappa shape index (κ1) is 22.0. The zero-order valence-corrected chi connectivity index (χ0v) is 15.0. The molecular formula is C16H26Cl2FN3O. The molecule has 0 radical (unpaired) electrons.